The Kier molecular flexibility index (Phi) is 4.78. The van der Waals surface area contributed by atoms with Crippen molar-refractivity contribution in [3.8, 4) is 11.8 Å². The fourth-order valence-corrected chi connectivity index (χ4v) is 2.44. The number of piperidine rings is 1. The maximum absolute atomic E-state index is 9.11. The van der Waals surface area contributed by atoms with Crippen molar-refractivity contribution >= 4 is 23.3 Å². The Labute approximate surface area is 124 Å². The molecule has 1 saturated heterocycles. The molecule has 1 fully saturated rings. The van der Waals surface area contributed by atoms with E-state index in [2.05, 4.69) is 16.4 Å². The largest absolute Gasteiger partial charge is 0.490 e. The zero-order chi connectivity index (χ0) is 13.1. The predicted octanol–water partition coefficient (Wildman–Crippen LogP) is 2.66. The third-order valence-corrected chi connectivity index (χ3v) is 3.43. The molecular formula is C15H16ClN3O. The lowest BCUT2D eigenvalue weighted by Gasteiger charge is -2.24. The molecule has 20 heavy (non-hydrogen) atoms. The number of hydrogen-bond acceptors (Lipinski definition) is 4. The normalized spacial score (nSPS) is 15.3. The third kappa shape index (κ3) is 2.84. The molecule has 0 bridgehead atoms. The minimum Gasteiger partial charge on any atom is -0.490 e. The molecule has 1 N–H and O–H groups in total. The molecule has 0 amide bonds. The molecular weight excluding hydrogens is 274 g/mol. The Balaban J connectivity index is 0.00000147. The van der Waals surface area contributed by atoms with Crippen molar-refractivity contribution in [3.05, 3.63) is 36.0 Å². The van der Waals surface area contributed by atoms with Crippen molar-refractivity contribution in [2.75, 3.05) is 13.1 Å². The molecule has 0 spiro atoms. The second-order valence-electron chi connectivity index (χ2n) is 4.69. The van der Waals surface area contributed by atoms with E-state index in [0.29, 0.717) is 5.56 Å². The van der Waals surface area contributed by atoms with Crippen LogP contribution in [0.5, 0.6) is 5.75 Å². The first kappa shape index (κ1) is 14.6. The highest BCUT2D eigenvalue weighted by Crippen LogP contribution is 2.27. The van der Waals surface area contributed by atoms with E-state index >= 15 is 0 Å². The first-order chi connectivity index (χ1) is 9.38. The summed E-state index contributed by atoms with van der Waals surface area (Å²) in [5, 5.41) is 13.3. The number of aromatic nitrogens is 1. The highest BCUT2D eigenvalue weighted by Gasteiger charge is 2.16. The number of pyridine rings is 1. The van der Waals surface area contributed by atoms with Gasteiger partial charge in [-0.15, -0.1) is 12.4 Å². The maximum atomic E-state index is 9.11. The second kappa shape index (κ2) is 6.56. The van der Waals surface area contributed by atoms with Crippen LogP contribution in [0.3, 0.4) is 0 Å². The summed E-state index contributed by atoms with van der Waals surface area (Å²) in [5.41, 5.74) is 1.31. The van der Waals surface area contributed by atoms with Crippen LogP contribution in [0.15, 0.2) is 30.5 Å². The molecule has 0 atom stereocenters. The van der Waals surface area contributed by atoms with Crippen molar-refractivity contribution < 1.29 is 4.74 Å². The first-order valence-corrected chi connectivity index (χ1v) is 6.53. The van der Waals surface area contributed by atoms with Gasteiger partial charge >= 0.3 is 0 Å². The van der Waals surface area contributed by atoms with Gasteiger partial charge in [0.1, 0.15) is 17.9 Å². The fraction of sp³-hybridized carbons (Fsp3) is 0.333. The molecule has 0 aliphatic carbocycles. The number of nitrogens with zero attached hydrogens (tertiary/aromatic N) is 2. The molecule has 0 unspecified atom stereocenters. The average molecular weight is 290 g/mol. The van der Waals surface area contributed by atoms with Crippen LogP contribution in [0.1, 0.15) is 18.4 Å². The van der Waals surface area contributed by atoms with Gasteiger partial charge in [0.25, 0.3) is 0 Å². The van der Waals surface area contributed by atoms with Gasteiger partial charge in [-0.2, -0.15) is 5.26 Å². The Morgan fingerprint density at radius 3 is 2.80 bits per heavy atom. The van der Waals surface area contributed by atoms with E-state index in [4.69, 9.17) is 10.00 Å². The Morgan fingerprint density at radius 2 is 2.05 bits per heavy atom. The molecule has 1 aliphatic heterocycles. The molecule has 0 saturated carbocycles. The number of benzene rings is 1. The quantitative estimate of drug-likeness (QED) is 0.923. The van der Waals surface area contributed by atoms with E-state index in [1.165, 1.54) is 0 Å². The van der Waals surface area contributed by atoms with Gasteiger partial charge in [-0.05, 0) is 44.1 Å². The summed E-state index contributed by atoms with van der Waals surface area (Å²) < 4.78 is 6.08. The lowest BCUT2D eigenvalue weighted by atomic mass is 10.1. The highest BCUT2D eigenvalue weighted by molar-refractivity contribution is 5.89. The van der Waals surface area contributed by atoms with Crippen LogP contribution < -0.4 is 10.1 Å². The smallest absolute Gasteiger partial charge is 0.130 e. The minimum atomic E-state index is 0. The predicted molar refractivity (Wildman–Crippen MR) is 80.2 cm³/mol. The Morgan fingerprint density at radius 1 is 1.25 bits per heavy atom. The van der Waals surface area contributed by atoms with E-state index in [0.717, 1.165) is 42.6 Å². The lowest BCUT2D eigenvalue weighted by molar-refractivity contribution is 0.164. The molecule has 1 aromatic carbocycles. The molecule has 4 nitrogen and oxygen atoms in total. The SMILES string of the molecule is Cl.N#Cc1cccc2c(OC3CCNCC3)ccnc12. The van der Waals surface area contributed by atoms with Crippen molar-refractivity contribution in [2.45, 2.75) is 18.9 Å². The summed E-state index contributed by atoms with van der Waals surface area (Å²) in [4.78, 5) is 4.29. The second-order valence-corrected chi connectivity index (χ2v) is 4.69. The van der Waals surface area contributed by atoms with Gasteiger partial charge in [0.2, 0.25) is 0 Å². The molecule has 2 aromatic rings. The molecule has 3 rings (SSSR count). The van der Waals surface area contributed by atoms with E-state index in [1.807, 2.05) is 18.2 Å². The van der Waals surface area contributed by atoms with Gasteiger partial charge in [-0.25, -0.2) is 0 Å². The van der Waals surface area contributed by atoms with Crippen LogP contribution in [0.4, 0.5) is 0 Å². The van der Waals surface area contributed by atoms with Crippen LogP contribution in [0.25, 0.3) is 10.9 Å². The van der Waals surface area contributed by atoms with Crippen molar-refractivity contribution in [1.29, 1.82) is 5.26 Å². The fourth-order valence-electron chi connectivity index (χ4n) is 2.44. The number of para-hydroxylation sites is 1. The zero-order valence-electron chi connectivity index (χ0n) is 11.0. The number of nitriles is 1. The van der Waals surface area contributed by atoms with Crippen molar-refractivity contribution in [2.24, 2.45) is 0 Å². The lowest BCUT2D eigenvalue weighted by Crippen LogP contribution is -2.34. The molecule has 1 aromatic heterocycles. The summed E-state index contributed by atoms with van der Waals surface area (Å²) in [6.45, 7) is 1.99. The molecule has 1 aliphatic rings. The van der Waals surface area contributed by atoms with Gasteiger partial charge in [-0.1, -0.05) is 6.07 Å². The standard InChI is InChI=1S/C15H15N3O.ClH/c16-10-11-2-1-3-13-14(6-9-18-15(11)13)19-12-4-7-17-8-5-12;/h1-3,6,9,12,17H,4-5,7-8H2;1H. The van der Waals surface area contributed by atoms with Gasteiger partial charge in [0, 0.05) is 11.6 Å². The summed E-state index contributed by atoms with van der Waals surface area (Å²) in [5.74, 6) is 0.828. The highest BCUT2D eigenvalue weighted by atomic mass is 35.5. The van der Waals surface area contributed by atoms with Crippen LogP contribution in [0.2, 0.25) is 0 Å². The van der Waals surface area contributed by atoms with Crippen molar-refractivity contribution in [1.82, 2.24) is 10.3 Å². The number of ether oxygens (including phenoxy) is 1. The van der Waals surface area contributed by atoms with Crippen LogP contribution in [-0.4, -0.2) is 24.2 Å². The summed E-state index contributed by atoms with van der Waals surface area (Å²) in [6.07, 6.45) is 3.99. The van der Waals surface area contributed by atoms with Crippen LogP contribution in [0, 0.1) is 11.3 Å². The van der Waals surface area contributed by atoms with E-state index in [9.17, 15) is 0 Å². The summed E-state index contributed by atoms with van der Waals surface area (Å²) in [6, 6.07) is 9.67. The van der Waals surface area contributed by atoms with Gasteiger partial charge in [0.15, 0.2) is 0 Å². The number of hydrogen-bond donors (Lipinski definition) is 1. The molecule has 2 heterocycles. The Bertz CT molecular complexity index is 633. The van der Waals surface area contributed by atoms with Gasteiger partial charge < -0.3 is 10.1 Å². The maximum Gasteiger partial charge on any atom is 0.130 e. The third-order valence-electron chi connectivity index (χ3n) is 3.43. The first-order valence-electron chi connectivity index (χ1n) is 6.53. The van der Waals surface area contributed by atoms with Crippen molar-refractivity contribution in [3.63, 3.8) is 0 Å². The Hall–Kier alpha value is -1.83. The number of halogens is 1. The topological polar surface area (TPSA) is 57.9 Å². The van der Waals surface area contributed by atoms with Gasteiger partial charge in [-0.3, -0.25) is 4.98 Å². The summed E-state index contributed by atoms with van der Waals surface area (Å²) in [7, 11) is 0. The molecule has 0 radical (unpaired) electrons. The summed E-state index contributed by atoms with van der Waals surface area (Å²) >= 11 is 0. The minimum absolute atomic E-state index is 0. The molecule has 104 valence electrons. The van der Waals surface area contributed by atoms with Gasteiger partial charge in [0.05, 0.1) is 11.1 Å². The number of nitrogens with one attached hydrogen (secondary N) is 1. The average Bonchev–Trinajstić information content (AvgIpc) is 2.48. The van der Waals surface area contributed by atoms with Crippen LogP contribution >= 0.6 is 12.4 Å². The van der Waals surface area contributed by atoms with E-state index < -0.39 is 0 Å². The van der Waals surface area contributed by atoms with E-state index in [1.54, 1.807) is 12.3 Å². The number of fused-ring (bicyclic) bond motifs is 1. The zero-order valence-corrected chi connectivity index (χ0v) is 11.8. The van der Waals surface area contributed by atoms with Crippen LogP contribution in [-0.2, 0) is 0 Å². The number of rotatable bonds is 2. The molecule has 5 heteroatoms. The van der Waals surface area contributed by atoms with E-state index in [-0.39, 0.29) is 18.5 Å². The monoisotopic (exact) mass is 289 g/mol.